The van der Waals surface area contributed by atoms with Crippen LogP contribution in [-0.2, 0) is 17.5 Å². The maximum Gasteiger partial charge on any atom is 0.433 e. The fraction of sp³-hybridized carbons (Fsp3) is 0.333. The van der Waals surface area contributed by atoms with Crippen molar-refractivity contribution in [3.05, 3.63) is 53.9 Å². The highest BCUT2D eigenvalue weighted by atomic mass is 19.4. The summed E-state index contributed by atoms with van der Waals surface area (Å²) in [6.07, 6.45) is -3.18. The van der Waals surface area contributed by atoms with E-state index < -0.39 is 11.9 Å². The number of aromatic nitrogens is 1. The normalized spacial score (nSPS) is 17.4. The maximum atomic E-state index is 12.6. The van der Waals surface area contributed by atoms with Gasteiger partial charge >= 0.3 is 6.18 Å². The summed E-state index contributed by atoms with van der Waals surface area (Å²) in [5.74, 6) is -0.0317. The molecule has 0 spiro atoms. The number of rotatable bonds is 2. The van der Waals surface area contributed by atoms with Crippen LogP contribution in [0.4, 0.5) is 24.5 Å². The first-order chi connectivity index (χ1) is 11.8. The van der Waals surface area contributed by atoms with Crippen LogP contribution in [0.15, 0.2) is 42.6 Å². The van der Waals surface area contributed by atoms with Crippen molar-refractivity contribution in [3.8, 4) is 0 Å². The first-order valence-corrected chi connectivity index (χ1v) is 7.93. The van der Waals surface area contributed by atoms with Crippen molar-refractivity contribution in [2.24, 2.45) is 0 Å². The fourth-order valence-electron chi connectivity index (χ4n) is 3.21. The summed E-state index contributed by atoms with van der Waals surface area (Å²) in [4.78, 5) is 19.3. The molecule has 2 aromatic rings. The molecular weight excluding hydrogens is 331 g/mol. The molecule has 1 aromatic carbocycles. The molecule has 3 rings (SSSR count). The van der Waals surface area contributed by atoms with Crippen molar-refractivity contribution < 1.29 is 18.0 Å². The second-order valence-corrected chi connectivity index (χ2v) is 6.16. The molecule has 0 radical (unpaired) electrons. The average Bonchev–Trinajstić information content (AvgIpc) is 2.54. The Labute approximate surface area is 143 Å². The van der Waals surface area contributed by atoms with Crippen LogP contribution >= 0.6 is 0 Å². The second-order valence-electron chi connectivity index (χ2n) is 6.16. The van der Waals surface area contributed by atoms with Gasteiger partial charge in [-0.05, 0) is 30.7 Å². The van der Waals surface area contributed by atoms with E-state index in [0.29, 0.717) is 18.7 Å². The molecule has 0 unspecified atom stereocenters. The average molecular weight is 349 g/mol. The van der Waals surface area contributed by atoms with E-state index in [1.54, 1.807) is 4.90 Å². The molecule has 0 fully saturated rings. The van der Waals surface area contributed by atoms with Crippen LogP contribution in [0.3, 0.4) is 0 Å². The number of alkyl halides is 3. The summed E-state index contributed by atoms with van der Waals surface area (Å²) in [6.45, 7) is 4.51. The smallest absolute Gasteiger partial charge is 0.363 e. The van der Waals surface area contributed by atoms with Crippen LogP contribution in [0.25, 0.3) is 0 Å². The molecule has 1 aliphatic heterocycles. The van der Waals surface area contributed by atoms with Gasteiger partial charge in [-0.2, -0.15) is 13.2 Å². The van der Waals surface area contributed by atoms with E-state index in [4.69, 9.17) is 0 Å². The Kier molecular flexibility index (Phi) is 4.41. The Balaban J connectivity index is 1.88. The molecule has 2 heterocycles. The summed E-state index contributed by atoms with van der Waals surface area (Å²) >= 11 is 0. The minimum absolute atomic E-state index is 0.0317. The van der Waals surface area contributed by atoms with Gasteiger partial charge < -0.3 is 9.80 Å². The quantitative estimate of drug-likeness (QED) is 0.826. The highest BCUT2D eigenvalue weighted by Crippen LogP contribution is 2.36. The van der Waals surface area contributed by atoms with Crippen LogP contribution in [0.2, 0.25) is 0 Å². The minimum atomic E-state index is -4.44. The van der Waals surface area contributed by atoms with Crippen molar-refractivity contribution in [2.45, 2.75) is 32.6 Å². The molecule has 1 atom stereocenters. The number of carbonyl (C=O) groups is 1. The minimum Gasteiger partial charge on any atom is -0.363 e. The number of halogens is 3. The summed E-state index contributed by atoms with van der Waals surface area (Å²) in [6, 6.07) is 9.95. The van der Waals surface area contributed by atoms with E-state index >= 15 is 0 Å². The summed E-state index contributed by atoms with van der Waals surface area (Å²) < 4.78 is 37.9. The number of hydrogen-bond donors (Lipinski definition) is 0. The van der Waals surface area contributed by atoms with Crippen molar-refractivity contribution >= 4 is 17.3 Å². The Morgan fingerprint density at radius 1 is 1.20 bits per heavy atom. The predicted molar refractivity (Wildman–Crippen MR) is 89.4 cm³/mol. The zero-order valence-corrected chi connectivity index (χ0v) is 13.9. The van der Waals surface area contributed by atoms with Gasteiger partial charge in [-0.15, -0.1) is 0 Å². The van der Waals surface area contributed by atoms with Gasteiger partial charge in [0.2, 0.25) is 5.91 Å². The predicted octanol–water partition coefficient (Wildman–Crippen LogP) is 3.86. The largest absolute Gasteiger partial charge is 0.433 e. The molecule has 0 aliphatic carbocycles. The van der Waals surface area contributed by atoms with E-state index in [2.05, 4.69) is 9.88 Å². The third-order valence-corrected chi connectivity index (χ3v) is 4.24. The number of pyridine rings is 1. The van der Waals surface area contributed by atoms with Gasteiger partial charge in [0.05, 0.1) is 17.4 Å². The van der Waals surface area contributed by atoms with E-state index in [1.807, 2.05) is 31.2 Å². The molecule has 4 nitrogen and oxygen atoms in total. The zero-order chi connectivity index (χ0) is 18.2. The SMILES string of the molecule is CC(=O)N1c2ccccc2N(Cc2ccc(C(F)(F)F)nc2)C[C@@H]1C. The Hall–Kier alpha value is -2.57. The number of carbonyl (C=O) groups excluding carboxylic acids is 1. The third-order valence-electron chi connectivity index (χ3n) is 4.24. The number of fused-ring (bicyclic) bond motifs is 1. The summed E-state index contributed by atoms with van der Waals surface area (Å²) in [5.41, 5.74) is 1.49. The summed E-state index contributed by atoms with van der Waals surface area (Å²) in [7, 11) is 0. The first-order valence-electron chi connectivity index (χ1n) is 7.93. The van der Waals surface area contributed by atoms with E-state index in [9.17, 15) is 18.0 Å². The van der Waals surface area contributed by atoms with Crippen molar-refractivity contribution in [1.82, 2.24) is 4.98 Å². The van der Waals surface area contributed by atoms with Gasteiger partial charge in [0.15, 0.2) is 0 Å². The lowest BCUT2D eigenvalue weighted by atomic mass is 10.1. The number of hydrogen-bond acceptors (Lipinski definition) is 3. The van der Waals surface area contributed by atoms with E-state index in [0.717, 1.165) is 17.4 Å². The lowest BCUT2D eigenvalue weighted by Crippen LogP contribution is -2.49. The van der Waals surface area contributed by atoms with Crippen LogP contribution in [0.1, 0.15) is 25.1 Å². The fourth-order valence-corrected chi connectivity index (χ4v) is 3.21. The maximum absolute atomic E-state index is 12.6. The number of para-hydroxylation sites is 2. The second kappa shape index (κ2) is 6.38. The number of nitrogens with zero attached hydrogens (tertiary/aromatic N) is 3. The van der Waals surface area contributed by atoms with Gasteiger partial charge in [0, 0.05) is 26.2 Å². The van der Waals surface area contributed by atoms with Crippen LogP contribution in [-0.4, -0.2) is 23.5 Å². The summed E-state index contributed by atoms with van der Waals surface area (Å²) in [5, 5.41) is 0. The molecule has 0 bridgehead atoms. The lowest BCUT2D eigenvalue weighted by Gasteiger charge is -2.41. The molecule has 1 aromatic heterocycles. The molecule has 0 saturated carbocycles. The Bertz CT molecular complexity index is 774. The van der Waals surface area contributed by atoms with Gasteiger partial charge in [-0.3, -0.25) is 9.78 Å². The Morgan fingerprint density at radius 3 is 2.44 bits per heavy atom. The lowest BCUT2D eigenvalue weighted by molar-refractivity contribution is -0.141. The van der Waals surface area contributed by atoms with Gasteiger partial charge in [0.25, 0.3) is 0 Å². The molecule has 1 amide bonds. The van der Waals surface area contributed by atoms with Crippen LogP contribution in [0.5, 0.6) is 0 Å². The van der Waals surface area contributed by atoms with E-state index in [-0.39, 0.29) is 11.9 Å². The van der Waals surface area contributed by atoms with Crippen LogP contribution in [0, 0.1) is 0 Å². The highest BCUT2D eigenvalue weighted by Gasteiger charge is 2.33. The van der Waals surface area contributed by atoms with Crippen molar-refractivity contribution in [2.75, 3.05) is 16.3 Å². The van der Waals surface area contributed by atoms with Crippen LogP contribution < -0.4 is 9.80 Å². The highest BCUT2D eigenvalue weighted by molar-refractivity contribution is 5.97. The number of anilines is 2. The third kappa shape index (κ3) is 3.45. The molecule has 0 saturated heterocycles. The molecule has 0 N–H and O–H groups in total. The van der Waals surface area contributed by atoms with Crippen molar-refractivity contribution in [3.63, 3.8) is 0 Å². The first kappa shape index (κ1) is 17.3. The van der Waals surface area contributed by atoms with Gasteiger partial charge in [0.1, 0.15) is 5.69 Å². The molecule has 132 valence electrons. The topological polar surface area (TPSA) is 36.4 Å². The van der Waals surface area contributed by atoms with Gasteiger partial charge in [-0.25, -0.2) is 0 Å². The molecule has 25 heavy (non-hydrogen) atoms. The van der Waals surface area contributed by atoms with E-state index in [1.165, 1.54) is 19.2 Å². The monoisotopic (exact) mass is 349 g/mol. The number of amides is 1. The number of benzene rings is 1. The molecule has 1 aliphatic rings. The van der Waals surface area contributed by atoms with Crippen molar-refractivity contribution in [1.29, 1.82) is 0 Å². The molecule has 7 heteroatoms. The standard InChI is InChI=1S/C18H18F3N3O/c1-12-10-23(11-14-7-8-17(22-9-14)18(19,20)21)15-5-3-4-6-16(15)24(12)13(2)25/h3-9,12H,10-11H2,1-2H3/t12-/m0/s1. The zero-order valence-electron chi connectivity index (χ0n) is 13.9. The van der Waals surface area contributed by atoms with Gasteiger partial charge in [-0.1, -0.05) is 18.2 Å². The molecular formula is C18H18F3N3O. The Morgan fingerprint density at radius 2 is 1.88 bits per heavy atom.